The van der Waals surface area contributed by atoms with Gasteiger partial charge >= 0.3 is 6.18 Å². The van der Waals surface area contributed by atoms with Gasteiger partial charge in [0.2, 0.25) is 0 Å². The second-order valence-electron chi connectivity index (χ2n) is 3.29. The van der Waals surface area contributed by atoms with E-state index < -0.39 is 17.9 Å². The molecule has 1 atom stereocenters. The Morgan fingerprint density at radius 2 is 1.75 bits per heavy atom. The summed E-state index contributed by atoms with van der Waals surface area (Å²) in [5.41, 5.74) is 4.76. The second kappa shape index (κ2) is 5.16. The van der Waals surface area contributed by atoms with E-state index in [0.717, 1.165) is 12.1 Å². The van der Waals surface area contributed by atoms with Crippen LogP contribution in [0.2, 0.25) is 0 Å². The first-order valence-electron chi connectivity index (χ1n) is 4.68. The Hall–Kier alpha value is -1.30. The molecule has 0 heterocycles. The molecule has 90 valence electrons. The molecule has 3 N–H and O–H groups in total. The molecule has 0 spiro atoms. The van der Waals surface area contributed by atoms with Crippen molar-refractivity contribution in [2.75, 3.05) is 18.4 Å². The minimum atomic E-state index is -4.35. The van der Waals surface area contributed by atoms with Gasteiger partial charge in [0.1, 0.15) is 6.17 Å². The highest BCUT2D eigenvalue weighted by Crippen LogP contribution is 2.29. The molecule has 16 heavy (non-hydrogen) atoms. The second-order valence-corrected chi connectivity index (χ2v) is 3.29. The normalized spacial score (nSPS) is 13.6. The van der Waals surface area contributed by atoms with Crippen molar-refractivity contribution in [3.8, 4) is 0 Å². The van der Waals surface area contributed by atoms with Crippen LogP contribution in [0, 0.1) is 0 Å². The van der Waals surface area contributed by atoms with Crippen LogP contribution < -0.4 is 11.1 Å². The Morgan fingerprint density at radius 3 is 2.19 bits per heavy atom. The van der Waals surface area contributed by atoms with Gasteiger partial charge in [-0.15, -0.1) is 0 Å². The van der Waals surface area contributed by atoms with Gasteiger partial charge in [-0.2, -0.15) is 13.2 Å². The Bertz CT molecular complexity index is 321. The first kappa shape index (κ1) is 12.8. The van der Waals surface area contributed by atoms with Gasteiger partial charge in [0.05, 0.1) is 5.56 Å². The number of hydrogen-bond donors (Lipinski definition) is 2. The summed E-state index contributed by atoms with van der Waals surface area (Å²) >= 11 is 0. The van der Waals surface area contributed by atoms with E-state index in [9.17, 15) is 17.6 Å². The third kappa shape index (κ3) is 3.69. The van der Waals surface area contributed by atoms with Crippen LogP contribution >= 0.6 is 0 Å². The van der Waals surface area contributed by atoms with E-state index in [2.05, 4.69) is 5.32 Å². The van der Waals surface area contributed by atoms with E-state index in [1.54, 1.807) is 0 Å². The molecule has 1 aromatic rings. The van der Waals surface area contributed by atoms with Crippen LogP contribution in [0.5, 0.6) is 0 Å². The van der Waals surface area contributed by atoms with Crippen molar-refractivity contribution in [3.05, 3.63) is 29.8 Å². The van der Waals surface area contributed by atoms with Crippen LogP contribution in [0.1, 0.15) is 5.56 Å². The first-order valence-corrected chi connectivity index (χ1v) is 4.68. The van der Waals surface area contributed by atoms with Gasteiger partial charge in [-0.25, -0.2) is 4.39 Å². The lowest BCUT2D eigenvalue weighted by Gasteiger charge is -2.10. The molecule has 0 saturated heterocycles. The molecule has 0 bridgehead atoms. The van der Waals surface area contributed by atoms with Gasteiger partial charge in [0, 0.05) is 18.8 Å². The average molecular weight is 236 g/mol. The Morgan fingerprint density at radius 1 is 1.19 bits per heavy atom. The molecule has 0 aromatic heterocycles. The summed E-state index contributed by atoms with van der Waals surface area (Å²) in [5.74, 6) is 0. The van der Waals surface area contributed by atoms with E-state index in [4.69, 9.17) is 5.73 Å². The molecule has 1 aromatic carbocycles. The maximum Gasteiger partial charge on any atom is 0.416 e. The number of alkyl halides is 4. The fourth-order valence-corrected chi connectivity index (χ4v) is 1.09. The summed E-state index contributed by atoms with van der Waals surface area (Å²) in [6.45, 7) is -0.129. The fraction of sp³-hybridized carbons (Fsp3) is 0.400. The molecule has 6 heteroatoms. The molecule has 1 rings (SSSR count). The van der Waals surface area contributed by atoms with E-state index in [-0.39, 0.29) is 13.1 Å². The Kier molecular flexibility index (Phi) is 4.12. The molecule has 0 radical (unpaired) electrons. The fourth-order valence-electron chi connectivity index (χ4n) is 1.09. The highest BCUT2D eigenvalue weighted by atomic mass is 19.4. The summed E-state index contributed by atoms with van der Waals surface area (Å²) < 4.78 is 49.3. The largest absolute Gasteiger partial charge is 0.416 e. The summed E-state index contributed by atoms with van der Waals surface area (Å²) in [7, 11) is 0. The first-order chi connectivity index (χ1) is 7.43. The number of benzene rings is 1. The van der Waals surface area contributed by atoms with Crippen LogP contribution in [0.3, 0.4) is 0 Å². The van der Waals surface area contributed by atoms with Crippen LogP contribution in [0.4, 0.5) is 23.2 Å². The monoisotopic (exact) mass is 236 g/mol. The quantitative estimate of drug-likeness (QED) is 0.788. The van der Waals surface area contributed by atoms with Gasteiger partial charge in [-0.3, -0.25) is 0 Å². The van der Waals surface area contributed by atoms with Crippen LogP contribution in [-0.4, -0.2) is 19.3 Å². The number of nitrogens with two attached hydrogens (primary N) is 1. The molecule has 0 aliphatic rings. The third-order valence-electron chi connectivity index (χ3n) is 2.00. The maximum atomic E-state index is 12.7. The lowest BCUT2D eigenvalue weighted by molar-refractivity contribution is -0.137. The van der Waals surface area contributed by atoms with Crippen LogP contribution in [0.15, 0.2) is 24.3 Å². The van der Waals surface area contributed by atoms with Gasteiger partial charge in [0.25, 0.3) is 0 Å². The minimum absolute atomic E-state index is 0.0120. The van der Waals surface area contributed by atoms with Crippen molar-refractivity contribution < 1.29 is 17.6 Å². The van der Waals surface area contributed by atoms with Crippen molar-refractivity contribution in [2.45, 2.75) is 12.3 Å². The molecule has 0 amide bonds. The molecule has 2 nitrogen and oxygen atoms in total. The van der Waals surface area contributed by atoms with E-state index in [0.29, 0.717) is 5.69 Å². The molecule has 0 fully saturated rings. The maximum absolute atomic E-state index is 12.7. The summed E-state index contributed by atoms with van der Waals surface area (Å²) in [4.78, 5) is 0. The van der Waals surface area contributed by atoms with Gasteiger partial charge in [0.15, 0.2) is 0 Å². The Labute approximate surface area is 90.4 Å². The van der Waals surface area contributed by atoms with Crippen LogP contribution in [0.25, 0.3) is 0 Å². The molecular formula is C10H12F4N2. The highest BCUT2D eigenvalue weighted by Gasteiger charge is 2.29. The van der Waals surface area contributed by atoms with E-state index >= 15 is 0 Å². The lowest BCUT2D eigenvalue weighted by atomic mass is 10.2. The van der Waals surface area contributed by atoms with Crippen molar-refractivity contribution >= 4 is 5.69 Å². The zero-order valence-electron chi connectivity index (χ0n) is 8.39. The van der Waals surface area contributed by atoms with Gasteiger partial charge in [-0.1, -0.05) is 0 Å². The van der Waals surface area contributed by atoms with E-state index in [1.165, 1.54) is 12.1 Å². The number of anilines is 1. The standard InChI is InChI=1S/C10H12F4N2/c11-8(5-15)6-16-9-3-1-7(2-4-9)10(12,13)14/h1-4,8,16H,5-6,15H2. The third-order valence-corrected chi connectivity index (χ3v) is 2.00. The summed E-state index contributed by atoms with van der Waals surface area (Å²) in [5, 5.41) is 2.65. The highest BCUT2D eigenvalue weighted by molar-refractivity contribution is 5.45. The molecule has 1 unspecified atom stereocenters. The number of hydrogen-bond acceptors (Lipinski definition) is 2. The van der Waals surface area contributed by atoms with Crippen molar-refractivity contribution in [1.82, 2.24) is 0 Å². The summed E-state index contributed by atoms with van der Waals surface area (Å²) in [6.07, 6.45) is -5.56. The number of rotatable bonds is 4. The van der Waals surface area contributed by atoms with Crippen LogP contribution in [-0.2, 0) is 6.18 Å². The topological polar surface area (TPSA) is 38.0 Å². The predicted molar refractivity (Wildman–Crippen MR) is 53.9 cm³/mol. The lowest BCUT2D eigenvalue weighted by Crippen LogP contribution is -2.23. The van der Waals surface area contributed by atoms with Crippen molar-refractivity contribution in [2.24, 2.45) is 5.73 Å². The number of halogens is 4. The van der Waals surface area contributed by atoms with E-state index in [1.807, 2.05) is 0 Å². The molecule has 0 aliphatic heterocycles. The SMILES string of the molecule is NCC(F)CNc1ccc(C(F)(F)F)cc1. The van der Waals surface area contributed by atoms with Gasteiger partial charge in [-0.05, 0) is 24.3 Å². The average Bonchev–Trinajstić information content (AvgIpc) is 2.25. The predicted octanol–water partition coefficient (Wildman–Crippen LogP) is 2.41. The van der Waals surface area contributed by atoms with Crippen molar-refractivity contribution in [3.63, 3.8) is 0 Å². The molecule has 0 aliphatic carbocycles. The smallest absolute Gasteiger partial charge is 0.382 e. The molecule has 0 saturated carbocycles. The minimum Gasteiger partial charge on any atom is -0.382 e. The summed E-state index contributed by atoms with van der Waals surface area (Å²) in [6, 6.07) is 4.40. The van der Waals surface area contributed by atoms with Crippen molar-refractivity contribution in [1.29, 1.82) is 0 Å². The number of nitrogens with one attached hydrogen (secondary N) is 1. The zero-order valence-corrected chi connectivity index (χ0v) is 8.39. The zero-order chi connectivity index (χ0) is 12.2. The molecular weight excluding hydrogens is 224 g/mol. The Balaban J connectivity index is 2.58. The van der Waals surface area contributed by atoms with Gasteiger partial charge < -0.3 is 11.1 Å².